The fourth-order valence-electron chi connectivity index (χ4n) is 2.07. The van der Waals surface area contributed by atoms with Crippen molar-refractivity contribution in [3.8, 4) is 5.75 Å². The van der Waals surface area contributed by atoms with Gasteiger partial charge in [0.15, 0.2) is 12.4 Å². The van der Waals surface area contributed by atoms with Crippen LogP contribution in [0.4, 0.5) is 37.7 Å². The number of nitro benzene ring substituents is 1. The predicted octanol–water partition coefficient (Wildman–Crippen LogP) is 5.24. The summed E-state index contributed by atoms with van der Waals surface area (Å²) >= 11 is -0.457. The van der Waals surface area contributed by atoms with Gasteiger partial charge in [-0.25, -0.2) is 0 Å². The average Bonchev–Trinajstić information content (AvgIpc) is 2.59. The van der Waals surface area contributed by atoms with Crippen molar-refractivity contribution >= 4 is 29.0 Å². The molecule has 0 saturated carbocycles. The Hall–Kier alpha value is -2.96. The zero-order valence-electron chi connectivity index (χ0n) is 14.0. The van der Waals surface area contributed by atoms with E-state index in [1.165, 1.54) is 18.2 Å². The third kappa shape index (κ3) is 6.55. The van der Waals surface area contributed by atoms with Crippen LogP contribution in [0, 0.1) is 10.1 Å². The van der Waals surface area contributed by atoms with Crippen LogP contribution in [0.15, 0.2) is 47.4 Å². The number of halogens is 6. The lowest BCUT2D eigenvalue weighted by Crippen LogP contribution is -2.21. The van der Waals surface area contributed by atoms with E-state index in [-0.39, 0.29) is 16.6 Å². The summed E-state index contributed by atoms with van der Waals surface area (Å²) < 4.78 is 80.5. The number of carbonyl (C=O) groups excluding carboxylic acids is 1. The van der Waals surface area contributed by atoms with E-state index in [1.54, 1.807) is 0 Å². The van der Waals surface area contributed by atoms with Gasteiger partial charge in [-0.2, -0.15) is 26.3 Å². The van der Waals surface area contributed by atoms with Gasteiger partial charge in [0.25, 0.3) is 5.91 Å². The number of amides is 1. The smallest absolute Gasteiger partial charge is 0.446 e. The summed E-state index contributed by atoms with van der Waals surface area (Å²) in [5.74, 6) is -1.56. The highest BCUT2D eigenvalue weighted by atomic mass is 32.2. The Kier molecular flexibility index (Phi) is 6.62. The molecule has 0 aliphatic rings. The number of thioether (sulfide) groups is 1. The molecule has 0 bridgehead atoms. The molecule has 0 unspecified atom stereocenters. The summed E-state index contributed by atoms with van der Waals surface area (Å²) in [6.45, 7) is -0.878. The lowest BCUT2D eigenvalue weighted by atomic mass is 10.2. The third-order valence-electron chi connectivity index (χ3n) is 3.23. The molecule has 6 nitrogen and oxygen atoms in total. The molecule has 13 heteroatoms. The monoisotopic (exact) mass is 440 g/mol. The van der Waals surface area contributed by atoms with Crippen LogP contribution >= 0.6 is 11.8 Å². The molecule has 0 heterocycles. The molecule has 0 radical (unpaired) electrons. The first kappa shape index (κ1) is 22.3. The fraction of sp³-hybridized carbons (Fsp3) is 0.188. The quantitative estimate of drug-likeness (QED) is 0.288. The van der Waals surface area contributed by atoms with Crippen molar-refractivity contribution in [1.29, 1.82) is 0 Å². The third-order valence-corrected chi connectivity index (χ3v) is 4.04. The molecule has 0 aliphatic heterocycles. The van der Waals surface area contributed by atoms with E-state index in [9.17, 15) is 41.3 Å². The second kappa shape index (κ2) is 8.59. The van der Waals surface area contributed by atoms with E-state index in [2.05, 4.69) is 5.32 Å². The Labute approximate surface area is 163 Å². The Balaban J connectivity index is 2.11. The number of para-hydroxylation sites is 1. The summed E-state index contributed by atoms with van der Waals surface area (Å²) in [6.07, 6.45) is -4.82. The first-order valence-electron chi connectivity index (χ1n) is 7.50. The largest absolute Gasteiger partial charge is 0.477 e. The van der Waals surface area contributed by atoms with Gasteiger partial charge in [0, 0.05) is 11.0 Å². The van der Waals surface area contributed by atoms with Gasteiger partial charge in [0.1, 0.15) is 0 Å². The molecule has 1 amide bonds. The minimum absolute atomic E-state index is 0.176. The van der Waals surface area contributed by atoms with Crippen molar-refractivity contribution in [1.82, 2.24) is 0 Å². The number of anilines is 1. The summed E-state index contributed by atoms with van der Waals surface area (Å²) in [4.78, 5) is 21.5. The minimum Gasteiger partial charge on any atom is -0.477 e. The highest BCUT2D eigenvalue weighted by Crippen LogP contribution is 2.40. The number of rotatable bonds is 6. The van der Waals surface area contributed by atoms with Gasteiger partial charge in [0.05, 0.1) is 16.2 Å². The SMILES string of the molecule is O=C(COc1ccc(C(F)(F)F)cc1[N+](=O)[O-])Nc1ccccc1SC(F)(F)F. The number of ether oxygens (including phenoxy) is 1. The van der Waals surface area contributed by atoms with Crippen molar-refractivity contribution in [2.24, 2.45) is 0 Å². The zero-order chi connectivity index (χ0) is 21.8. The Morgan fingerprint density at radius 3 is 2.34 bits per heavy atom. The van der Waals surface area contributed by atoms with Crippen molar-refractivity contribution in [2.45, 2.75) is 16.6 Å². The number of alkyl halides is 6. The maximum Gasteiger partial charge on any atom is 0.446 e. The average molecular weight is 440 g/mol. The van der Waals surface area contributed by atoms with Gasteiger partial charge in [-0.15, -0.1) is 0 Å². The lowest BCUT2D eigenvalue weighted by molar-refractivity contribution is -0.386. The highest BCUT2D eigenvalue weighted by molar-refractivity contribution is 8.00. The Morgan fingerprint density at radius 1 is 1.10 bits per heavy atom. The van der Waals surface area contributed by atoms with E-state index in [4.69, 9.17) is 4.74 Å². The van der Waals surface area contributed by atoms with Crippen molar-refractivity contribution in [3.05, 3.63) is 58.1 Å². The molecule has 0 fully saturated rings. The van der Waals surface area contributed by atoms with E-state index in [0.717, 1.165) is 6.07 Å². The summed E-state index contributed by atoms with van der Waals surface area (Å²) in [6, 6.07) is 6.49. The number of nitrogens with one attached hydrogen (secondary N) is 1. The summed E-state index contributed by atoms with van der Waals surface area (Å²) in [7, 11) is 0. The number of carbonyl (C=O) groups is 1. The molecule has 156 valence electrons. The van der Waals surface area contributed by atoms with Gasteiger partial charge in [-0.1, -0.05) is 12.1 Å². The molecule has 0 atom stereocenters. The number of nitrogens with zero attached hydrogens (tertiary/aromatic N) is 1. The standard InChI is InChI=1S/C16H10F6N2O4S/c17-15(18,19)9-5-6-12(11(7-9)24(26)27)28-8-14(25)23-10-3-1-2-4-13(10)29-16(20,21)22/h1-7H,8H2,(H,23,25). The molecule has 0 spiro atoms. The van der Waals surface area contributed by atoms with Crippen molar-refractivity contribution < 1.29 is 40.8 Å². The molecule has 2 aromatic rings. The van der Waals surface area contributed by atoms with Gasteiger partial charge < -0.3 is 10.1 Å². The molecule has 0 aromatic heterocycles. The molecule has 0 saturated heterocycles. The van der Waals surface area contributed by atoms with E-state index in [0.29, 0.717) is 12.1 Å². The second-order valence-electron chi connectivity index (χ2n) is 5.32. The zero-order valence-corrected chi connectivity index (χ0v) is 14.8. The highest BCUT2D eigenvalue weighted by Gasteiger charge is 2.33. The van der Waals surface area contributed by atoms with Gasteiger partial charge in [-0.05, 0) is 36.0 Å². The number of nitro groups is 1. The van der Waals surface area contributed by atoms with Gasteiger partial charge in [0.2, 0.25) is 0 Å². The van der Waals surface area contributed by atoms with Crippen LogP contribution in [0.1, 0.15) is 5.56 Å². The fourth-order valence-corrected chi connectivity index (χ4v) is 2.70. The van der Waals surface area contributed by atoms with Gasteiger partial charge in [-0.3, -0.25) is 14.9 Å². The number of hydrogen-bond donors (Lipinski definition) is 1. The molecule has 2 aromatic carbocycles. The number of hydrogen-bond acceptors (Lipinski definition) is 5. The lowest BCUT2D eigenvalue weighted by Gasteiger charge is -2.13. The molecule has 0 aliphatic carbocycles. The van der Waals surface area contributed by atoms with Crippen LogP contribution in [-0.4, -0.2) is 22.9 Å². The Morgan fingerprint density at radius 2 is 1.76 bits per heavy atom. The van der Waals surface area contributed by atoms with Crippen LogP contribution in [0.2, 0.25) is 0 Å². The summed E-state index contributed by atoms with van der Waals surface area (Å²) in [5, 5.41) is 13.1. The first-order chi connectivity index (χ1) is 13.4. The maximum atomic E-state index is 12.7. The van der Waals surface area contributed by atoms with E-state index in [1.807, 2.05) is 0 Å². The first-order valence-corrected chi connectivity index (χ1v) is 8.31. The summed E-state index contributed by atoms with van der Waals surface area (Å²) in [5.41, 5.74) is -7.07. The van der Waals surface area contributed by atoms with Crippen LogP contribution < -0.4 is 10.1 Å². The second-order valence-corrected chi connectivity index (χ2v) is 6.43. The predicted molar refractivity (Wildman–Crippen MR) is 90.6 cm³/mol. The van der Waals surface area contributed by atoms with E-state index < -0.39 is 57.9 Å². The van der Waals surface area contributed by atoms with Crippen LogP contribution in [0.3, 0.4) is 0 Å². The van der Waals surface area contributed by atoms with Crippen molar-refractivity contribution in [2.75, 3.05) is 11.9 Å². The molecule has 2 rings (SSSR count). The molecule has 1 N–H and O–H groups in total. The molecular weight excluding hydrogens is 430 g/mol. The van der Waals surface area contributed by atoms with Gasteiger partial charge >= 0.3 is 17.4 Å². The number of benzene rings is 2. The molecular formula is C16H10F6N2O4S. The molecule has 29 heavy (non-hydrogen) atoms. The Bertz CT molecular complexity index is 917. The van der Waals surface area contributed by atoms with Crippen molar-refractivity contribution in [3.63, 3.8) is 0 Å². The van der Waals surface area contributed by atoms with Crippen LogP contribution in [0.5, 0.6) is 5.75 Å². The van der Waals surface area contributed by atoms with Crippen LogP contribution in [0.25, 0.3) is 0 Å². The normalized spacial score (nSPS) is 11.8. The maximum absolute atomic E-state index is 12.7. The van der Waals surface area contributed by atoms with E-state index >= 15 is 0 Å². The van der Waals surface area contributed by atoms with Crippen LogP contribution in [-0.2, 0) is 11.0 Å². The minimum atomic E-state index is -4.82. The topological polar surface area (TPSA) is 81.5 Å².